The van der Waals surface area contributed by atoms with Crippen molar-refractivity contribution < 1.29 is 14.7 Å². The van der Waals surface area contributed by atoms with Crippen LogP contribution < -0.4 is 10.6 Å². The molecule has 2 rings (SSSR count). The van der Waals surface area contributed by atoms with Crippen LogP contribution in [0.15, 0.2) is 23.6 Å². The Labute approximate surface area is 125 Å². The number of carbonyl (C=O) groups excluding carboxylic acids is 2. The first kappa shape index (κ1) is 15.2. The summed E-state index contributed by atoms with van der Waals surface area (Å²) >= 11 is 1.34. The highest BCUT2D eigenvalue weighted by atomic mass is 32.1. The number of hydrogen-bond acceptors (Lipinski definition) is 5. The molecule has 112 valence electrons. The minimum Gasteiger partial charge on any atom is -0.396 e. The van der Waals surface area contributed by atoms with E-state index in [-0.39, 0.29) is 24.1 Å². The summed E-state index contributed by atoms with van der Waals surface area (Å²) < 4.78 is 1.44. The third kappa shape index (κ3) is 3.89. The number of nitrogens with zero attached hydrogens (tertiary/aromatic N) is 2. The smallest absolute Gasteiger partial charge is 0.271 e. The van der Waals surface area contributed by atoms with E-state index in [2.05, 4.69) is 15.7 Å². The zero-order valence-electron chi connectivity index (χ0n) is 11.5. The minimum atomic E-state index is -0.337. The third-order valence-electron chi connectivity index (χ3n) is 2.72. The Kier molecular flexibility index (Phi) is 5.07. The second-order valence-corrected chi connectivity index (χ2v) is 5.25. The molecule has 0 atom stereocenters. The van der Waals surface area contributed by atoms with Crippen molar-refractivity contribution in [1.29, 1.82) is 0 Å². The largest absolute Gasteiger partial charge is 0.396 e. The van der Waals surface area contributed by atoms with Gasteiger partial charge in [0.2, 0.25) is 0 Å². The van der Waals surface area contributed by atoms with Gasteiger partial charge in [0.25, 0.3) is 11.8 Å². The van der Waals surface area contributed by atoms with Crippen LogP contribution in [0, 0.1) is 0 Å². The van der Waals surface area contributed by atoms with E-state index in [4.69, 9.17) is 5.11 Å². The van der Waals surface area contributed by atoms with Crippen LogP contribution in [-0.2, 0) is 7.05 Å². The van der Waals surface area contributed by atoms with Crippen molar-refractivity contribution in [3.63, 3.8) is 0 Å². The average Bonchev–Trinajstić information content (AvgIpc) is 3.09. The highest BCUT2D eigenvalue weighted by molar-refractivity contribution is 7.12. The molecule has 0 aromatic carbocycles. The molecule has 0 unspecified atom stereocenters. The summed E-state index contributed by atoms with van der Waals surface area (Å²) in [6, 6.07) is 5.03. The average molecular weight is 308 g/mol. The Morgan fingerprint density at radius 1 is 1.43 bits per heavy atom. The molecule has 0 saturated heterocycles. The van der Waals surface area contributed by atoms with E-state index in [0.29, 0.717) is 23.7 Å². The Bertz CT molecular complexity index is 621. The molecular formula is C13H16N4O3S. The molecule has 8 heteroatoms. The van der Waals surface area contributed by atoms with Crippen molar-refractivity contribution in [2.75, 3.05) is 18.5 Å². The Morgan fingerprint density at radius 2 is 2.24 bits per heavy atom. The first-order valence-electron chi connectivity index (χ1n) is 6.39. The van der Waals surface area contributed by atoms with Crippen molar-refractivity contribution in [2.24, 2.45) is 7.05 Å². The van der Waals surface area contributed by atoms with Crippen molar-refractivity contribution in [2.45, 2.75) is 6.42 Å². The van der Waals surface area contributed by atoms with Gasteiger partial charge in [-0.1, -0.05) is 6.07 Å². The second kappa shape index (κ2) is 7.00. The van der Waals surface area contributed by atoms with Gasteiger partial charge in [-0.15, -0.1) is 11.3 Å². The Morgan fingerprint density at radius 3 is 2.90 bits per heavy atom. The summed E-state index contributed by atoms with van der Waals surface area (Å²) in [5.41, 5.74) is 0.219. The minimum absolute atomic E-state index is 0.0185. The Hall–Kier alpha value is -2.19. The van der Waals surface area contributed by atoms with Crippen LogP contribution in [-0.4, -0.2) is 39.9 Å². The molecular weight excluding hydrogens is 292 g/mol. The molecule has 3 N–H and O–H groups in total. The highest BCUT2D eigenvalue weighted by Crippen LogP contribution is 2.14. The topological polar surface area (TPSA) is 96.2 Å². The predicted octanol–water partition coefficient (Wildman–Crippen LogP) is 0.846. The monoisotopic (exact) mass is 308 g/mol. The number of aliphatic hydroxyl groups is 1. The molecule has 0 fully saturated rings. The lowest BCUT2D eigenvalue weighted by molar-refractivity contribution is 0.0944. The van der Waals surface area contributed by atoms with Gasteiger partial charge in [0.1, 0.15) is 5.82 Å². The van der Waals surface area contributed by atoms with E-state index >= 15 is 0 Å². The lowest BCUT2D eigenvalue weighted by atomic mass is 10.3. The zero-order valence-corrected chi connectivity index (χ0v) is 12.3. The molecule has 2 aromatic rings. The number of aliphatic hydroxyl groups excluding tert-OH is 1. The maximum atomic E-state index is 11.9. The molecule has 2 amide bonds. The third-order valence-corrected chi connectivity index (χ3v) is 3.59. The van der Waals surface area contributed by atoms with Crippen molar-refractivity contribution in [3.05, 3.63) is 34.2 Å². The quantitative estimate of drug-likeness (QED) is 0.689. The number of nitrogens with one attached hydrogen (secondary N) is 2. The van der Waals surface area contributed by atoms with Crippen LogP contribution in [0.2, 0.25) is 0 Å². The van der Waals surface area contributed by atoms with Crippen LogP contribution >= 0.6 is 11.3 Å². The number of aromatic nitrogens is 2. The number of anilines is 1. The summed E-state index contributed by atoms with van der Waals surface area (Å²) in [5.74, 6) is -0.128. The standard InChI is InChI=1S/C13H16N4O3S/c1-17-11(15-13(20)10-4-2-7-21-10)8-9(16-17)12(19)14-5-3-6-18/h2,4,7-8,18H,3,5-6H2,1H3,(H,14,19)(H,15,20). The van der Waals surface area contributed by atoms with Crippen LogP contribution in [0.1, 0.15) is 26.6 Å². The number of carbonyl (C=O) groups is 2. The molecule has 0 bridgehead atoms. The van der Waals surface area contributed by atoms with Gasteiger partial charge in [-0.3, -0.25) is 14.3 Å². The van der Waals surface area contributed by atoms with Crippen molar-refractivity contribution in [1.82, 2.24) is 15.1 Å². The maximum absolute atomic E-state index is 11.9. The summed E-state index contributed by atoms with van der Waals surface area (Å²) in [4.78, 5) is 24.4. The number of hydrogen-bond donors (Lipinski definition) is 3. The molecule has 0 spiro atoms. The number of rotatable bonds is 6. The molecule has 2 heterocycles. The summed E-state index contributed by atoms with van der Waals surface area (Å²) in [7, 11) is 1.65. The lowest BCUT2D eigenvalue weighted by Gasteiger charge is -2.02. The molecule has 0 aliphatic carbocycles. The predicted molar refractivity (Wildman–Crippen MR) is 79.5 cm³/mol. The highest BCUT2D eigenvalue weighted by Gasteiger charge is 2.15. The molecule has 0 aliphatic rings. The SMILES string of the molecule is Cn1nc(C(=O)NCCCO)cc1NC(=O)c1cccs1. The molecule has 21 heavy (non-hydrogen) atoms. The molecule has 0 saturated carbocycles. The van der Waals surface area contributed by atoms with E-state index < -0.39 is 0 Å². The fourth-order valence-corrected chi connectivity index (χ4v) is 2.27. The van der Waals surface area contributed by atoms with Gasteiger partial charge in [0, 0.05) is 26.3 Å². The van der Waals surface area contributed by atoms with Gasteiger partial charge in [-0.2, -0.15) is 5.10 Å². The number of aryl methyl sites for hydroxylation is 1. The summed E-state index contributed by atoms with van der Waals surface area (Å²) in [6.45, 7) is 0.396. The fourth-order valence-electron chi connectivity index (χ4n) is 1.65. The lowest BCUT2D eigenvalue weighted by Crippen LogP contribution is -2.25. The molecule has 0 aliphatic heterocycles. The maximum Gasteiger partial charge on any atom is 0.271 e. The first-order valence-corrected chi connectivity index (χ1v) is 7.27. The van der Waals surface area contributed by atoms with Gasteiger partial charge in [-0.05, 0) is 17.9 Å². The van der Waals surface area contributed by atoms with E-state index in [0.717, 1.165) is 0 Å². The summed E-state index contributed by atoms with van der Waals surface area (Å²) in [6.07, 6.45) is 0.487. The van der Waals surface area contributed by atoms with Crippen molar-refractivity contribution >= 4 is 29.0 Å². The summed E-state index contributed by atoms with van der Waals surface area (Å²) in [5, 5.41) is 19.9. The van der Waals surface area contributed by atoms with Gasteiger partial charge in [-0.25, -0.2) is 0 Å². The van der Waals surface area contributed by atoms with Crippen molar-refractivity contribution in [3.8, 4) is 0 Å². The molecule has 0 radical (unpaired) electrons. The van der Waals surface area contributed by atoms with E-state index in [1.165, 1.54) is 22.1 Å². The van der Waals surface area contributed by atoms with Crippen LogP contribution in [0.5, 0.6) is 0 Å². The van der Waals surface area contributed by atoms with Crippen LogP contribution in [0.25, 0.3) is 0 Å². The van der Waals surface area contributed by atoms with E-state index in [9.17, 15) is 9.59 Å². The zero-order chi connectivity index (χ0) is 15.2. The molecule has 7 nitrogen and oxygen atoms in total. The van der Waals surface area contributed by atoms with Crippen LogP contribution in [0.4, 0.5) is 5.82 Å². The first-order chi connectivity index (χ1) is 10.1. The normalized spacial score (nSPS) is 10.4. The Balaban J connectivity index is 2.02. The van der Waals surface area contributed by atoms with Gasteiger partial charge in [0.05, 0.1) is 4.88 Å². The molecule has 2 aromatic heterocycles. The number of thiophene rings is 1. The van der Waals surface area contributed by atoms with Gasteiger partial charge < -0.3 is 15.7 Å². The van der Waals surface area contributed by atoms with Gasteiger partial charge in [0.15, 0.2) is 5.69 Å². The second-order valence-electron chi connectivity index (χ2n) is 4.30. The van der Waals surface area contributed by atoms with E-state index in [1.54, 1.807) is 19.2 Å². The van der Waals surface area contributed by atoms with Crippen LogP contribution in [0.3, 0.4) is 0 Å². The van der Waals surface area contributed by atoms with E-state index in [1.807, 2.05) is 5.38 Å². The number of amides is 2. The fraction of sp³-hybridized carbons (Fsp3) is 0.308. The van der Waals surface area contributed by atoms with Gasteiger partial charge >= 0.3 is 0 Å².